The first kappa shape index (κ1) is 34.3. The third kappa shape index (κ3) is 7.18. The fourth-order valence-corrected chi connectivity index (χ4v) is 8.55. The Morgan fingerprint density at radius 2 is 1.70 bits per heavy atom. The van der Waals surface area contributed by atoms with E-state index in [0.29, 0.717) is 55.7 Å². The summed E-state index contributed by atoms with van der Waals surface area (Å²) in [6.45, 7) is 9.85. The molecule has 0 saturated carbocycles. The summed E-state index contributed by atoms with van der Waals surface area (Å²) in [6.07, 6.45) is 9.04. The van der Waals surface area contributed by atoms with Crippen LogP contribution >= 0.6 is 23.1 Å². The van der Waals surface area contributed by atoms with Crippen LogP contribution in [0.5, 0.6) is 5.75 Å². The van der Waals surface area contributed by atoms with Crippen molar-refractivity contribution in [2.75, 3.05) is 82.3 Å². The summed E-state index contributed by atoms with van der Waals surface area (Å²) in [7, 11) is 2.97. The number of aromatic nitrogens is 7. The van der Waals surface area contributed by atoms with Crippen LogP contribution in [0.4, 0.5) is 28.8 Å². The van der Waals surface area contributed by atoms with E-state index < -0.39 is 7.14 Å². The zero-order valence-electron chi connectivity index (χ0n) is 29.0. The van der Waals surface area contributed by atoms with E-state index in [-0.39, 0.29) is 0 Å². The summed E-state index contributed by atoms with van der Waals surface area (Å²) < 4.78 is 21.8. The first-order valence-electron chi connectivity index (χ1n) is 16.7. The molecule has 0 aliphatic carbocycles. The molecule has 2 fully saturated rings. The SMILES string of the molecule is COc1cc(N2CCC(N3CCN(C)CC3)CC2)c(-c2cn(C)nn2)cc1Nc1ncc(Br)c(Nc2ccc3nccnc3c2P(C)(C)=O)n1. The van der Waals surface area contributed by atoms with Gasteiger partial charge < -0.3 is 29.7 Å². The van der Waals surface area contributed by atoms with Crippen molar-refractivity contribution >= 4 is 68.2 Å². The van der Waals surface area contributed by atoms with Crippen molar-refractivity contribution in [3.05, 3.63) is 53.5 Å². The Morgan fingerprint density at radius 1 is 0.940 bits per heavy atom. The molecule has 0 unspecified atom stereocenters. The van der Waals surface area contributed by atoms with Crippen molar-refractivity contribution in [3.8, 4) is 17.0 Å². The molecule has 14 nitrogen and oxygen atoms in total. The minimum absolute atomic E-state index is 0.346. The predicted molar refractivity (Wildman–Crippen MR) is 202 cm³/mol. The van der Waals surface area contributed by atoms with Crippen molar-refractivity contribution < 1.29 is 9.30 Å². The van der Waals surface area contributed by atoms with Gasteiger partial charge in [0.05, 0.1) is 45.7 Å². The highest BCUT2D eigenvalue weighted by Gasteiger charge is 2.29. The molecule has 2 N–H and O–H groups in total. The summed E-state index contributed by atoms with van der Waals surface area (Å²) in [4.78, 5) is 25.8. The van der Waals surface area contributed by atoms with Gasteiger partial charge in [0.25, 0.3) is 0 Å². The van der Waals surface area contributed by atoms with Gasteiger partial charge in [-0.15, -0.1) is 5.10 Å². The Labute approximate surface area is 300 Å². The maximum Gasteiger partial charge on any atom is 0.229 e. The third-order valence-electron chi connectivity index (χ3n) is 9.45. The lowest BCUT2D eigenvalue weighted by molar-refractivity contribution is 0.0982. The molecule has 0 spiro atoms. The molecule has 5 heterocycles. The van der Waals surface area contributed by atoms with Gasteiger partial charge in [-0.1, -0.05) is 5.21 Å². The van der Waals surface area contributed by atoms with Crippen LogP contribution < -0.4 is 25.6 Å². The number of aryl methyl sites for hydroxylation is 1. The maximum atomic E-state index is 13.5. The minimum atomic E-state index is -2.77. The van der Waals surface area contributed by atoms with E-state index in [9.17, 15) is 4.57 Å². The molecule has 262 valence electrons. The number of ether oxygens (including phenoxy) is 1. The first-order chi connectivity index (χ1) is 24.1. The van der Waals surface area contributed by atoms with Crippen molar-refractivity contribution in [1.82, 2.24) is 44.7 Å². The van der Waals surface area contributed by atoms with Crippen LogP contribution in [-0.4, -0.2) is 118 Å². The Morgan fingerprint density at radius 3 is 2.40 bits per heavy atom. The molecule has 2 aliphatic heterocycles. The van der Waals surface area contributed by atoms with Gasteiger partial charge in [-0.2, -0.15) is 4.98 Å². The number of likely N-dealkylation sites (N-methyl/N-ethyl adjacent to an activating group) is 1. The van der Waals surface area contributed by atoms with Gasteiger partial charge in [0.15, 0.2) is 0 Å². The molecule has 7 rings (SSSR count). The lowest BCUT2D eigenvalue weighted by atomic mass is 9.99. The highest BCUT2D eigenvalue weighted by atomic mass is 79.9. The molecule has 16 heteroatoms. The lowest BCUT2D eigenvalue weighted by Gasteiger charge is -2.43. The maximum absolute atomic E-state index is 13.5. The Kier molecular flexibility index (Phi) is 9.75. The molecule has 50 heavy (non-hydrogen) atoms. The molecular weight excluding hydrogens is 719 g/mol. The van der Waals surface area contributed by atoms with Crippen LogP contribution in [0.1, 0.15) is 12.8 Å². The predicted octanol–water partition coefficient (Wildman–Crippen LogP) is 4.94. The van der Waals surface area contributed by atoms with Crippen molar-refractivity contribution in [3.63, 3.8) is 0 Å². The average molecular weight is 762 g/mol. The number of methoxy groups -OCH3 is 1. The second kappa shape index (κ2) is 14.2. The van der Waals surface area contributed by atoms with Gasteiger partial charge in [-0.05, 0) is 67.3 Å². The number of piperazine rings is 1. The molecule has 5 aromatic rings. The molecule has 2 aromatic carbocycles. The fourth-order valence-electron chi connectivity index (χ4n) is 6.86. The zero-order valence-corrected chi connectivity index (χ0v) is 31.4. The van der Waals surface area contributed by atoms with E-state index in [1.165, 1.54) is 0 Å². The zero-order chi connectivity index (χ0) is 35.0. The number of fused-ring (bicyclic) bond motifs is 1. The molecule has 0 amide bonds. The van der Waals surface area contributed by atoms with Crippen molar-refractivity contribution in [2.45, 2.75) is 18.9 Å². The van der Waals surface area contributed by atoms with E-state index in [4.69, 9.17) is 9.72 Å². The lowest BCUT2D eigenvalue weighted by Crippen LogP contribution is -2.52. The largest absolute Gasteiger partial charge is 0.494 e. The normalized spacial score (nSPS) is 16.6. The molecule has 0 atom stereocenters. The summed E-state index contributed by atoms with van der Waals surface area (Å²) in [5, 5.41) is 16.1. The molecular formula is C34H42BrN12O2P. The van der Waals surface area contributed by atoms with Gasteiger partial charge in [-0.3, -0.25) is 19.5 Å². The second-order valence-electron chi connectivity index (χ2n) is 13.3. The van der Waals surface area contributed by atoms with Crippen LogP contribution in [0.3, 0.4) is 0 Å². The molecule has 2 aliphatic rings. The minimum Gasteiger partial charge on any atom is -0.494 e. The summed E-state index contributed by atoms with van der Waals surface area (Å²) in [5.74, 6) is 1.50. The second-order valence-corrected chi connectivity index (χ2v) is 17.3. The van der Waals surface area contributed by atoms with E-state index in [0.717, 1.165) is 69.1 Å². The van der Waals surface area contributed by atoms with Crippen LogP contribution in [0.25, 0.3) is 22.3 Å². The summed E-state index contributed by atoms with van der Waals surface area (Å²) in [6, 6.07) is 8.42. The van der Waals surface area contributed by atoms with Crippen LogP contribution in [0.2, 0.25) is 0 Å². The van der Waals surface area contributed by atoms with Gasteiger partial charge in [0, 0.05) is 82.6 Å². The topological polar surface area (TPSA) is 142 Å². The number of benzene rings is 2. The van der Waals surface area contributed by atoms with Crippen molar-refractivity contribution in [2.24, 2.45) is 7.05 Å². The third-order valence-corrected chi connectivity index (χ3v) is 11.6. The Balaban J connectivity index is 1.18. The van der Waals surface area contributed by atoms with E-state index in [1.54, 1.807) is 43.7 Å². The number of rotatable bonds is 9. The monoisotopic (exact) mass is 760 g/mol. The highest BCUT2D eigenvalue weighted by Crippen LogP contribution is 2.43. The number of nitrogens with zero attached hydrogens (tertiary/aromatic N) is 10. The van der Waals surface area contributed by atoms with E-state index >= 15 is 0 Å². The van der Waals surface area contributed by atoms with Gasteiger partial charge >= 0.3 is 0 Å². The van der Waals surface area contributed by atoms with Gasteiger partial charge in [0.1, 0.15) is 29.9 Å². The number of piperidine rings is 1. The number of halogens is 1. The van der Waals surface area contributed by atoms with Crippen molar-refractivity contribution in [1.29, 1.82) is 0 Å². The molecule has 0 bridgehead atoms. The van der Waals surface area contributed by atoms with Gasteiger partial charge in [-0.25, -0.2) is 4.98 Å². The fraction of sp³-hybridized carbons (Fsp3) is 0.412. The van der Waals surface area contributed by atoms with E-state index in [1.807, 2.05) is 31.4 Å². The summed E-state index contributed by atoms with van der Waals surface area (Å²) >= 11 is 3.59. The summed E-state index contributed by atoms with van der Waals surface area (Å²) in [5.41, 5.74) is 5.36. The molecule has 3 aromatic heterocycles. The first-order valence-corrected chi connectivity index (χ1v) is 20.1. The number of anilines is 5. The quantitative estimate of drug-likeness (QED) is 0.196. The smallest absolute Gasteiger partial charge is 0.229 e. The van der Waals surface area contributed by atoms with Crippen LogP contribution in [0, 0.1) is 0 Å². The standard InChI is InChI=1S/C34H42BrN12O2P/c1-44-14-16-46(17-15-44)22-8-12-47(13-9-22)29-19-30(49-3)27(18-23(29)28-21-45(2)43-42-28)40-34-38-20-24(35)33(41-34)39-26-7-6-25-31(37-11-10-36-25)32(26)50(4,5)48/h6-7,10-11,18-22H,8-9,12-17H2,1-5H3,(H2,38,39,40,41). The number of nitrogens with one attached hydrogen (secondary N) is 2. The Hall–Kier alpha value is -4.17. The average Bonchev–Trinajstić information content (AvgIpc) is 3.55. The molecule has 0 radical (unpaired) electrons. The van der Waals surface area contributed by atoms with Crippen LogP contribution in [-0.2, 0) is 11.6 Å². The molecule has 2 saturated heterocycles. The van der Waals surface area contributed by atoms with Gasteiger partial charge in [0.2, 0.25) is 5.95 Å². The number of hydrogen-bond donors (Lipinski definition) is 2. The van der Waals surface area contributed by atoms with E-state index in [2.05, 4.69) is 79.6 Å². The Bertz CT molecular complexity index is 2050. The van der Waals surface area contributed by atoms with Crippen LogP contribution in [0.15, 0.2) is 53.5 Å². The number of hydrogen-bond acceptors (Lipinski definition) is 13. The highest BCUT2D eigenvalue weighted by molar-refractivity contribution is 9.10.